The van der Waals surface area contributed by atoms with Gasteiger partial charge in [0, 0.05) is 12.8 Å². The van der Waals surface area contributed by atoms with E-state index in [9.17, 15) is 9.59 Å². The number of hydrogen-bond acceptors (Lipinski definition) is 7. The van der Waals surface area contributed by atoms with Crippen LogP contribution >= 0.6 is 0 Å². The van der Waals surface area contributed by atoms with E-state index in [1.54, 1.807) is 30.3 Å². The summed E-state index contributed by atoms with van der Waals surface area (Å²) in [5, 5.41) is 23.1. The van der Waals surface area contributed by atoms with Crippen molar-refractivity contribution < 1.29 is 24.7 Å². The fraction of sp³-hybridized carbons (Fsp3) is 0.231. The van der Waals surface area contributed by atoms with Gasteiger partial charge in [-0.25, -0.2) is 4.79 Å². The maximum Gasteiger partial charge on any atom is 0.338 e. The highest BCUT2D eigenvalue weighted by atomic mass is 16.5. The van der Waals surface area contributed by atoms with Gasteiger partial charge in [-0.3, -0.25) is 4.79 Å². The molecule has 2 rings (SSSR count). The lowest BCUT2D eigenvalue weighted by Gasteiger charge is -2.22. The molecule has 0 aliphatic heterocycles. The van der Waals surface area contributed by atoms with Crippen LogP contribution in [0.4, 0.5) is 0 Å². The highest BCUT2D eigenvalue weighted by molar-refractivity contribution is 6.67. The number of ketones is 1. The predicted octanol–water partition coefficient (Wildman–Crippen LogP) is 1.24. The summed E-state index contributed by atoms with van der Waals surface area (Å²) in [5.41, 5.74) is -0.0285. The number of oxime groups is 2. The van der Waals surface area contributed by atoms with E-state index >= 15 is 0 Å². The molecule has 0 bridgehead atoms. The lowest BCUT2D eigenvalue weighted by atomic mass is 9.92. The number of rotatable bonds is 2. The number of esters is 1. The first kappa shape index (κ1) is 13.7. The van der Waals surface area contributed by atoms with Gasteiger partial charge in [-0.05, 0) is 12.1 Å². The van der Waals surface area contributed by atoms with E-state index in [-0.39, 0.29) is 24.3 Å². The second-order valence-corrected chi connectivity index (χ2v) is 4.22. The van der Waals surface area contributed by atoms with Crippen LogP contribution in [0.5, 0.6) is 0 Å². The van der Waals surface area contributed by atoms with Crippen molar-refractivity contribution >= 4 is 23.2 Å². The van der Waals surface area contributed by atoms with Crippen LogP contribution in [0.2, 0.25) is 0 Å². The van der Waals surface area contributed by atoms with Gasteiger partial charge in [-0.15, -0.1) is 0 Å². The molecule has 7 nitrogen and oxygen atoms in total. The number of carbonyl (C=O) groups is 2. The van der Waals surface area contributed by atoms with E-state index in [0.717, 1.165) is 0 Å². The monoisotopic (exact) mass is 276 g/mol. The van der Waals surface area contributed by atoms with Gasteiger partial charge in [0.05, 0.1) is 5.56 Å². The molecule has 20 heavy (non-hydrogen) atoms. The van der Waals surface area contributed by atoms with Crippen LogP contribution in [0.25, 0.3) is 0 Å². The van der Waals surface area contributed by atoms with Gasteiger partial charge in [0.25, 0.3) is 0 Å². The third kappa shape index (κ3) is 2.82. The number of ether oxygens (including phenoxy) is 1. The molecule has 1 aromatic carbocycles. The van der Waals surface area contributed by atoms with Crippen LogP contribution in [-0.4, -0.2) is 39.7 Å². The van der Waals surface area contributed by atoms with Crippen LogP contribution in [0.3, 0.4) is 0 Å². The Labute approximate surface area is 114 Å². The van der Waals surface area contributed by atoms with Crippen LogP contribution in [0, 0.1) is 0 Å². The fourth-order valence-corrected chi connectivity index (χ4v) is 1.90. The average molecular weight is 276 g/mol. The molecule has 0 unspecified atom stereocenters. The molecule has 7 heteroatoms. The zero-order valence-electron chi connectivity index (χ0n) is 10.4. The van der Waals surface area contributed by atoms with Gasteiger partial charge >= 0.3 is 5.97 Å². The van der Waals surface area contributed by atoms with E-state index in [2.05, 4.69) is 10.3 Å². The predicted molar refractivity (Wildman–Crippen MR) is 68.3 cm³/mol. The molecule has 1 saturated carbocycles. The van der Waals surface area contributed by atoms with Gasteiger partial charge in [0.2, 0.25) is 5.78 Å². The van der Waals surface area contributed by atoms with Crippen LogP contribution in [-0.2, 0) is 9.53 Å². The van der Waals surface area contributed by atoms with Crippen LogP contribution in [0.15, 0.2) is 40.6 Å². The molecule has 0 saturated heterocycles. The number of nitrogens with zero attached hydrogens (tertiary/aromatic N) is 2. The summed E-state index contributed by atoms with van der Waals surface area (Å²) in [5.74, 6) is -1.21. The maximum atomic E-state index is 11.9. The van der Waals surface area contributed by atoms with Gasteiger partial charge < -0.3 is 15.2 Å². The van der Waals surface area contributed by atoms with Gasteiger partial charge in [-0.1, -0.05) is 28.5 Å². The van der Waals surface area contributed by atoms with Crippen molar-refractivity contribution in [1.29, 1.82) is 0 Å². The maximum absolute atomic E-state index is 11.9. The van der Waals surface area contributed by atoms with Gasteiger partial charge in [-0.2, -0.15) is 0 Å². The first-order valence-electron chi connectivity index (χ1n) is 5.88. The highest BCUT2D eigenvalue weighted by Gasteiger charge is 2.33. The summed E-state index contributed by atoms with van der Waals surface area (Å²) in [7, 11) is 0. The quantitative estimate of drug-likeness (QED) is 0.480. The van der Waals surface area contributed by atoms with E-state index in [0.29, 0.717) is 5.56 Å². The third-order valence-electron chi connectivity index (χ3n) is 2.89. The molecule has 0 radical (unpaired) electrons. The third-order valence-corrected chi connectivity index (χ3v) is 2.89. The van der Waals surface area contributed by atoms with E-state index < -0.39 is 17.9 Å². The van der Waals surface area contributed by atoms with Crippen LogP contribution < -0.4 is 0 Å². The zero-order chi connectivity index (χ0) is 14.5. The summed E-state index contributed by atoms with van der Waals surface area (Å²) in [6.07, 6.45) is -0.753. The van der Waals surface area contributed by atoms with Gasteiger partial charge in [0.1, 0.15) is 17.5 Å². The Kier molecular flexibility index (Phi) is 4.09. The second kappa shape index (κ2) is 5.96. The Bertz CT molecular complexity index is 556. The molecule has 104 valence electrons. The standard InChI is InChI=1S/C13H12N2O5/c16-12-10(14-18)6-9(7-11(12)15-19)20-13(17)8-4-2-1-3-5-8/h1-5,9,18-19H,6-7H2/b14-10+,15-11+. The molecular weight excluding hydrogens is 264 g/mol. The zero-order valence-corrected chi connectivity index (χ0v) is 10.4. The summed E-state index contributed by atoms with van der Waals surface area (Å²) < 4.78 is 5.21. The average Bonchev–Trinajstić information content (AvgIpc) is 2.49. The fourth-order valence-electron chi connectivity index (χ4n) is 1.90. The van der Waals surface area contributed by atoms with Crippen molar-refractivity contribution in [2.24, 2.45) is 10.3 Å². The van der Waals surface area contributed by atoms with Crippen molar-refractivity contribution in [2.75, 3.05) is 0 Å². The Morgan fingerprint density at radius 3 is 2.15 bits per heavy atom. The number of benzene rings is 1. The summed E-state index contributed by atoms with van der Waals surface area (Å²) in [6.45, 7) is 0. The van der Waals surface area contributed by atoms with Crippen molar-refractivity contribution in [2.45, 2.75) is 18.9 Å². The number of carbonyl (C=O) groups excluding carboxylic acids is 2. The highest BCUT2D eigenvalue weighted by Crippen LogP contribution is 2.17. The molecule has 0 aromatic heterocycles. The van der Waals surface area contributed by atoms with E-state index in [1.807, 2.05) is 0 Å². The largest absolute Gasteiger partial charge is 0.458 e. The van der Waals surface area contributed by atoms with Gasteiger partial charge in [0.15, 0.2) is 0 Å². The molecule has 0 heterocycles. The smallest absolute Gasteiger partial charge is 0.338 e. The molecule has 2 N–H and O–H groups in total. The topological polar surface area (TPSA) is 109 Å². The van der Waals surface area contributed by atoms with Crippen molar-refractivity contribution in [3.05, 3.63) is 35.9 Å². The summed E-state index contributed by atoms with van der Waals surface area (Å²) >= 11 is 0. The molecular formula is C13H12N2O5. The molecule has 1 fully saturated rings. The Hall–Kier alpha value is -2.70. The minimum atomic E-state index is -0.711. The molecule has 0 spiro atoms. The van der Waals surface area contributed by atoms with Crippen molar-refractivity contribution in [3.63, 3.8) is 0 Å². The molecule has 1 aromatic rings. The van der Waals surface area contributed by atoms with Crippen molar-refractivity contribution in [1.82, 2.24) is 0 Å². The Morgan fingerprint density at radius 2 is 1.65 bits per heavy atom. The minimum Gasteiger partial charge on any atom is -0.458 e. The normalized spacial score (nSPS) is 23.0. The molecule has 0 atom stereocenters. The number of Topliss-reactive ketones (excluding diaryl/α,β-unsaturated/α-hetero) is 1. The minimum absolute atomic E-state index is 0.0209. The lowest BCUT2D eigenvalue weighted by molar-refractivity contribution is -0.108. The molecule has 1 aliphatic rings. The summed E-state index contributed by atoms with van der Waals surface area (Å²) in [4.78, 5) is 23.4. The van der Waals surface area contributed by atoms with E-state index in [1.165, 1.54) is 0 Å². The lowest BCUT2D eigenvalue weighted by Crippen LogP contribution is -2.38. The van der Waals surface area contributed by atoms with Crippen molar-refractivity contribution in [3.8, 4) is 0 Å². The Balaban J connectivity index is 2.10. The first-order chi connectivity index (χ1) is 9.65. The molecule has 0 amide bonds. The number of hydrogen-bond donors (Lipinski definition) is 2. The first-order valence-corrected chi connectivity index (χ1v) is 5.88. The SMILES string of the molecule is O=C1/C(=N/O)CC(OC(=O)c2ccccc2)C/C1=N\O. The van der Waals surface area contributed by atoms with Crippen LogP contribution in [0.1, 0.15) is 23.2 Å². The second-order valence-electron chi connectivity index (χ2n) is 4.22. The summed E-state index contributed by atoms with van der Waals surface area (Å²) in [6, 6.07) is 8.35. The van der Waals surface area contributed by atoms with E-state index in [4.69, 9.17) is 15.2 Å². The Morgan fingerprint density at radius 1 is 1.10 bits per heavy atom. The molecule has 1 aliphatic carbocycles.